The highest BCUT2D eigenvalue weighted by molar-refractivity contribution is 5.91. The molecule has 0 saturated heterocycles. The fraction of sp³-hybridized carbons (Fsp3) is 0.364. The Kier molecular flexibility index (Phi) is 3.65. The van der Waals surface area contributed by atoms with Gasteiger partial charge in [0.2, 0.25) is 5.91 Å². The minimum atomic E-state index is -0.515. The predicted octanol–water partition coefficient (Wildman–Crippen LogP) is 1.42. The van der Waals surface area contributed by atoms with Gasteiger partial charge in [-0.1, -0.05) is 18.2 Å². The summed E-state index contributed by atoms with van der Waals surface area (Å²) in [6.45, 7) is 3.49. The molecule has 1 aromatic carbocycles. The Morgan fingerprint density at radius 2 is 2.00 bits per heavy atom. The van der Waals surface area contributed by atoms with Gasteiger partial charge in [0.25, 0.3) is 0 Å². The van der Waals surface area contributed by atoms with Gasteiger partial charge >= 0.3 is 0 Å². The lowest BCUT2D eigenvalue weighted by molar-refractivity contribution is -0.116. The standard InChI is InChI=1S/C11H15NO2/c1-9(13)8-12(10(2)14)11-6-4-3-5-7-11/h3-7,9,13H,8H2,1-2H3. The van der Waals surface area contributed by atoms with Crippen LogP contribution in [0.5, 0.6) is 0 Å². The highest BCUT2D eigenvalue weighted by atomic mass is 16.3. The van der Waals surface area contributed by atoms with E-state index >= 15 is 0 Å². The normalized spacial score (nSPS) is 12.2. The molecule has 1 N–H and O–H groups in total. The number of anilines is 1. The van der Waals surface area contributed by atoms with Crippen LogP contribution in [0.15, 0.2) is 30.3 Å². The van der Waals surface area contributed by atoms with Crippen LogP contribution in [0.25, 0.3) is 0 Å². The second-order valence-electron chi connectivity index (χ2n) is 3.31. The van der Waals surface area contributed by atoms with E-state index in [1.165, 1.54) is 6.92 Å². The maximum Gasteiger partial charge on any atom is 0.223 e. The third-order valence-electron chi connectivity index (χ3n) is 1.89. The molecular formula is C11H15NO2. The van der Waals surface area contributed by atoms with Gasteiger partial charge in [0.1, 0.15) is 0 Å². The molecule has 76 valence electrons. The van der Waals surface area contributed by atoms with Gasteiger partial charge in [-0.2, -0.15) is 0 Å². The lowest BCUT2D eigenvalue weighted by Crippen LogP contribution is -2.34. The SMILES string of the molecule is CC(=O)N(CC(C)O)c1ccccc1. The van der Waals surface area contributed by atoms with Gasteiger partial charge in [-0.25, -0.2) is 0 Å². The first kappa shape index (κ1) is 10.7. The number of carbonyl (C=O) groups excluding carboxylic acids is 1. The van der Waals surface area contributed by atoms with Gasteiger partial charge in [0, 0.05) is 12.6 Å². The maximum atomic E-state index is 11.3. The second kappa shape index (κ2) is 4.77. The van der Waals surface area contributed by atoms with E-state index < -0.39 is 6.10 Å². The smallest absolute Gasteiger partial charge is 0.223 e. The molecule has 3 heteroatoms. The van der Waals surface area contributed by atoms with Crippen LogP contribution >= 0.6 is 0 Å². The summed E-state index contributed by atoms with van der Waals surface area (Å²) in [4.78, 5) is 12.9. The predicted molar refractivity (Wildman–Crippen MR) is 56.1 cm³/mol. The number of benzene rings is 1. The van der Waals surface area contributed by atoms with Gasteiger partial charge in [0.15, 0.2) is 0 Å². The zero-order chi connectivity index (χ0) is 10.6. The number of hydrogen-bond donors (Lipinski definition) is 1. The topological polar surface area (TPSA) is 40.5 Å². The van der Waals surface area contributed by atoms with Crippen molar-refractivity contribution in [3.05, 3.63) is 30.3 Å². The fourth-order valence-electron chi connectivity index (χ4n) is 1.29. The van der Waals surface area contributed by atoms with E-state index in [0.29, 0.717) is 6.54 Å². The highest BCUT2D eigenvalue weighted by Crippen LogP contribution is 2.13. The van der Waals surface area contributed by atoms with Gasteiger partial charge < -0.3 is 10.0 Å². The average Bonchev–Trinajstić information content (AvgIpc) is 2.15. The molecule has 0 aliphatic carbocycles. The summed E-state index contributed by atoms with van der Waals surface area (Å²) in [6, 6.07) is 9.33. The number of amides is 1. The van der Waals surface area contributed by atoms with Gasteiger partial charge in [-0.05, 0) is 19.1 Å². The van der Waals surface area contributed by atoms with E-state index in [4.69, 9.17) is 0 Å². The number of para-hydroxylation sites is 1. The monoisotopic (exact) mass is 193 g/mol. The largest absolute Gasteiger partial charge is 0.392 e. The van der Waals surface area contributed by atoms with E-state index in [9.17, 15) is 9.90 Å². The van der Waals surface area contributed by atoms with E-state index in [-0.39, 0.29) is 5.91 Å². The molecular weight excluding hydrogens is 178 g/mol. The summed E-state index contributed by atoms with van der Waals surface area (Å²) in [5, 5.41) is 9.24. The maximum absolute atomic E-state index is 11.3. The van der Waals surface area contributed by atoms with Crippen LogP contribution in [0.3, 0.4) is 0 Å². The van der Waals surface area contributed by atoms with Crippen LogP contribution < -0.4 is 4.90 Å². The van der Waals surface area contributed by atoms with Crippen molar-refractivity contribution in [1.82, 2.24) is 0 Å². The van der Waals surface area contributed by atoms with Crippen LogP contribution in [-0.4, -0.2) is 23.7 Å². The Bertz CT molecular complexity index is 295. The molecule has 0 radical (unpaired) electrons. The number of aliphatic hydroxyl groups is 1. The zero-order valence-electron chi connectivity index (χ0n) is 8.47. The second-order valence-corrected chi connectivity index (χ2v) is 3.31. The summed E-state index contributed by atoms with van der Waals surface area (Å²) >= 11 is 0. The lowest BCUT2D eigenvalue weighted by atomic mass is 10.2. The quantitative estimate of drug-likeness (QED) is 0.788. The third-order valence-corrected chi connectivity index (χ3v) is 1.89. The Morgan fingerprint density at radius 1 is 1.43 bits per heavy atom. The van der Waals surface area contributed by atoms with Crippen molar-refractivity contribution < 1.29 is 9.90 Å². The zero-order valence-corrected chi connectivity index (χ0v) is 8.47. The fourth-order valence-corrected chi connectivity index (χ4v) is 1.29. The van der Waals surface area contributed by atoms with Gasteiger partial charge in [-0.3, -0.25) is 4.79 Å². The molecule has 1 rings (SSSR count). The summed E-state index contributed by atoms with van der Waals surface area (Å²) in [5.41, 5.74) is 0.820. The molecule has 0 fully saturated rings. The number of hydrogen-bond acceptors (Lipinski definition) is 2. The molecule has 0 aromatic heterocycles. The minimum Gasteiger partial charge on any atom is -0.392 e. The van der Waals surface area contributed by atoms with E-state index in [1.807, 2.05) is 30.3 Å². The summed E-state index contributed by atoms with van der Waals surface area (Å²) in [6.07, 6.45) is -0.515. The van der Waals surface area contributed by atoms with E-state index in [1.54, 1.807) is 11.8 Å². The molecule has 0 aliphatic rings. The van der Waals surface area contributed by atoms with Crippen molar-refractivity contribution in [3.63, 3.8) is 0 Å². The average molecular weight is 193 g/mol. The molecule has 0 saturated carbocycles. The van der Waals surface area contributed by atoms with Crippen molar-refractivity contribution in [2.45, 2.75) is 20.0 Å². The molecule has 1 unspecified atom stereocenters. The third kappa shape index (κ3) is 2.85. The molecule has 3 nitrogen and oxygen atoms in total. The molecule has 14 heavy (non-hydrogen) atoms. The van der Waals surface area contributed by atoms with Crippen molar-refractivity contribution >= 4 is 11.6 Å². The molecule has 0 heterocycles. The summed E-state index contributed by atoms with van der Waals surface area (Å²) in [5.74, 6) is -0.0582. The molecule has 1 amide bonds. The molecule has 1 atom stereocenters. The first-order valence-corrected chi connectivity index (χ1v) is 4.62. The van der Waals surface area contributed by atoms with E-state index in [0.717, 1.165) is 5.69 Å². The molecule has 0 spiro atoms. The minimum absolute atomic E-state index is 0.0582. The van der Waals surface area contributed by atoms with Gasteiger partial charge in [0.05, 0.1) is 12.6 Å². The van der Waals surface area contributed by atoms with Crippen molar-refractivity contribution in [3.8, 4) is 0 Å². The van der Waals surface area contributed by atoms with Crippen LogP contribution in [0.4, 0.5) is 5.69 Å². The highest BCUT2D eigenvalue weighted by Gasteiger charge is 2.12. The number of aliphatic hydroxyl groups excluding tert-OH is 1. The Balaban J connectivity index is 2.84. The lowest BCUT2D eigenvalue weighted by Gasteiger charge is -2.22. The molecule has 1 aromatic rings. The summed E-state index contributed by atoms with van der Waals surface area (Å²) in [7, 11) is 0. The Hall–Kier alpha value is -1.35. The van der Waals surface area contributed by atoms with Crippen LogP contribution in [0.1, 0.15) is 13.8 Å². The van der Waals surface area contributed by atoms with Crippen LogP contribution in [0.2, 0.25) is 0 Å². The number of nitrogens with zero attached hydrogens (tertiary/aromatic N) is 1. The Morgan fingerprint density at radius 3 is 2.43 bits per heavy atom. The first-order chi connectivity index (χ1) is 6.61. The van der Waals surface area contributed by atoms with Crippen molar-refractivity contribution in [2.75, 3.05) is 11.4 Å². The molecule has 0 bridgehead atoms. The van der Waals surface area contributed by atoms with Crippen LogP contribution in [0, 0.1) is 0 Å². The first-order valence-electron chi connectivity index (χ1n) is 4.62. The Labute approximate surface area is 84.0 Å². The van der Waals surface area contributed by atoms with Gasteiger partial charge in [-0.15, -0.1) is 0 Å². The number of carbonyl (C=O) groups is 1. The van der Waals surface area contributed by atoms with E-state index in [2.05, 4.69) is 0 Å². The van der Waals surface area contributed by atoms with Crippen molar-refractivity contribution in [1.29, 1.82) is 0 Å². The molecule has 0 aliphatic heterocycles. The van der Waals surface area contributed by atoms with Crippen LogP contribution in [-0.2, 0) is 4.79 Å². The summed E-state index contributed by atoms with van der Waals surface area (Å²) < 4.78 is 0. The van der Waals surface area contributed by atoms with Crippen molar-refractivity contribution in [2.24, 2.45) is 0 Å². The number of rotatable bonds is 3.